The molecule has 0 aliphatic carbocycles. The number of hydrogen-bond donors (Lipinski definition) is 1. The Kier molecular flexibility index (Phi) is 3.90. The van der Waals surface area contributed by atoms with Gasteiger partial charge in [0.15, 0.2) is 0 Å². The van der Waals surface area contributed by atoms with Gasteiger partial charge in [0, 0.05) is 17.8 Å². The molecule has 0 fully saturated rings. The molecule has 0 amide bonds. The van der Waals surface area contributed by atoms with Crippen molar-refractivity contribution in [2.24, 2.45) is 0 Å². The molecule has 0 aromatic heterocycles. The fraction of sp³-hybridized carbons (Fsp3) is 0.571. The highest BCUT2D eigenvalue weighted by atomic mass is 32.2. The minimum absolute atomic E-state index is 0.0636. The van der Waals surface area contributed by atoms with Crippen LogP contribution < -0.4 is 9.46 Å². The zero-order valence-corrected chi connectivity index (χ0v) is 12.2. The van der Waals surface area contributed by atoms with Gasteiger partial charge in [-0.15, -0.1) is 4.72 Å². The van der Waals surface area contributed by atoms with Crippen molar-refractivity contribution in [3.8, 4) is 5.75 Å². The molecule has 0 radical (unpaired) electrons. The second-order valence-corrected chi connectivity index (χ2v) is 7.75. The number of fused-ring (bicyclic) bond motifs is 1. The molecule has 0 saturated carbocycles. The van der Waals surface area contributed by atoms with Crippen molar-refractivity contribution < 1.29 is 9.29 Å². The number of hydrogen-bond acceptors (Lipinski definition) is 3. The van der Waals surface area contributed by atoms with E-state index in [1.165, 1.54) is 5.56 Å². The maximum absolute atomic E-state index is 12.0. The largest absolute Gasteiger partial charge is 0.598 e. The van der Waals surface area contributed by atoms with Crippen molar-refractivity contribution in [2.75, 3.05) is 0 Å². The summed E-state index contributed by atoms with van der Waals surface area (Å²) in [7, 11) is 0. The molecule has 3 atom stereocenters. The van der Waals surface area contributed by atoms with Gasteiger partial charge in [-0.3, -0.25) is 0 Å². The predicted molar refractivity (Wildman–Crippen MR) is 75.1 cm³/mol. The molecule has 1 aromatic rings. The number of rotatable bonds is 3. The molecule has 1 aliphatic rings. The number of nitrogens with one attached hydrogen (secondary N) is 1. The van der Waals surface area contributed by atoms with Gasteiger partial charge in [-0.25, -0.2) is 0 Å². The minimum Gasteiger partial charge on any atom is -0.598 e. The lowest BCUT2D eigenvalue weighted by Gasteiger charge is -2.28. The molecule has 1 aromatic carbocycles. The number of ether oxygens (including phenoxy) is 1. The van der Waals surface area contributed by atoms with E-state index in [9.17, 15) is 4.55 Å². The monoisotopic (exact) mass is 267 g/mol. The smallest absolute Gasteiger partial charge is 0.136 e. The molecule has 0 saturated heterocycles. The topological polar surface area (TPSA) is 44.3 Å². The SMILES string of the molecule is CC(N[S@+]([O-])C(C)(C)C)C1Cc2ccccc2O1. The molecular formula is C14H21NO2S. The molecule has 18 heavy (non-hydrogen) atoms. The summed E-state index contributed by atoms with van der Waals surface area (Å²) in [5.74, 6) is 0.956. The van der Waals surface area contributed by atoms with Crippen LogP contribution in [0.25, 0.3) is 0 Å². The Morgan fingerprint density at radius 3 is 2.67 bits per heavy atom. The van der Waals surface area contributed by atoms with E-state index in [0.29, 0.717) is 0 Å². The van der Waals surface area contributed by atoms with Gasteiger partial charge >= 0.3 is 0 Å². The minimum atomic E-state index is -1.06. The van der Waals surface area contributed by atoms with Crippen molar-refractivity contribution in [3.05, 3.63) is 29.8 Å². The van der Waals surface area contributed by atoms with E-state index in [1.807, 2.05) is 45.9 Å². The molecule has 0 spiro atoms. The van der Waals surface area contributed by atoms with E-state index >= 15 is 0 Å². The summed E-state index contributed by atoms with van der Waals surface area (Å²) in [5, 5.41) is 0. The van der Waals surface area contributed by atoms with Crippen LogP contribution >= 0.6 is 0 Å². The normalized spacial score (nSPS) is 22.2. The van der Waals surface area contributed by atoms with Gasteiger partial charge in [-0.2, -0.15) is 0 Å². The molecule has 4 heteroatoms. The van der Waals surface area contributed by atoms with Crippen molar-refractivity contribution in [1.82, 2.24) is 4.72 Å². The zero-order valence-electron chi connectivity index (χ0n) is 11.4. The van der Waals surface area contributed by atoms with Crippen molar-refractivity contribution in [3.63, 3.8) is 0 Å². The van der Waals surface area contributed by atoms with Crippen LogP contribution in [0.4, 0.5) is 0 Å². The van der Waals surface area contributed by atoms with Crippen LogP contribution in [0.2, 0.25) is 0 Å². The molecule has 1 heterocycles. The Morgan fingerprint density at radius 2 is 2.06 bits per heavy atom. The highest BCUT2D eigenvalue weighted by molar-refractivity contribution is 7.90. The molecule has 1 N–H and O–H groups in total. The summed E-state index contributed by atoms with van der Waals surface area (Å²) in [6.07, 6.45) is 0.944. The third-order valence-corrected chi connectivity index (χ3v) is 4.78. The van der Waals surface area contributed by atoms with Gasteiger partial charge in [-0.1, -0.05) is 18.2 Å². The van der Waals surface area contributed by atoms with Gasteiger partial charge < -0.3 is 9.29 Å². The molecule has 3 nitrogen and oxygen atoms in total. The average molecular weight is 267 g/mol. The van der Waals surface area contributed by atoms with E-state index in [1.54, 1.807) is 0 Å². The molecule has 0 bridgehead atoms. The lowest BCUT2D eigenvalue weighted by atomic mass is 10.1. The van der Waals surface area contributed by atoms with Gasteiger partial charge in [0.2, 0.25) is 0 Å². The highest BCUT2D eigenvalue weighted by Gasteiger charge is 2.34. The third kappa shape index (κ3) is 2.99. The quantitative estimate of drug-likeness (QED) is 0.855. The summed E-state index contributed by atoms with van der Waals surface area (Å²) < 4.78 is 20.8. The average Bonchev–Trinajstić information content (AvgIpc) is 2.71. The van der Waals surface area contributed by atoms with Crippen LogP contribution in [0.3, 0.4) is 0 Å². The van der Waals surface area contributed by atoms with E-state index in [4.69, 9.17) is 4.74 Å². The maximum Gasteiger partial charge on any atom is 0.136 e. The fourth-order valence-corrected chi connectivity index (χ4v) is 2.75. The summed E-state index contributed by atoms with van der Waals surface area (Å²) >= 11 is -1.06. The Labute approximate surface area is 112 Å². The second-order valence-electron chi connectivity index (χ2n) is 5.76. The van der Waals surface area contributed by atoms with Crippen LogP contribution in [0.1, 0.15) is 33.3 Å². The Morgan fingerprint density at radius 1 is 1.39 bits per heavy atom. The lowest BCUT2D eigenvalue weighted by molar-refractivity contribution is 0.198. The Bertz CT molecular complexity index is 392. The first-order valence-electron chi connectivity index (χ1n) is 6.30. The van der Waals surface area contributed by atoms with Gasteiger partial charge in [0.05, 0.1) is 6.04 Å². The van der Waals surface area contributed by atoms with E-state index in [2.05, 4.69) is 10.8 Å². The number of benzene rings is 1. The second kappa shape index (κ2) is 5.11. The van der Waals surface area contributed by atoms with Crippen LogP contribution in [0.15, 0.2) is 24.3 Å². The molecule has 2 unspecified atom stereocenters. The first-order valence-corrected chi connectivity index (χ1v) is 7.45. The van der Waals surface area contributed by atoms with E-state index < -0.39 is 11.4 Å². The first-order chi connectivity index (χ1) is 8.38. The fourth-order valence-electron chi connectivity index (χ4n) is 1.91. The Balaban J connectivity index is 1.95. The van der Waals surface area contributed by atoms with Crippen LogP contribution in [0, 0.1) is 0 Å². The standard InChI is InChI=1S/C14H21NO2S/c1-10(15-18(16)14(2,3)4)13-9-11-7-5-6-8-12(11)17-13/h5-8,10,13,15H,9H2,1-4H3/t10?,13?,18-/m1/s1. The summed E-state index contributed by atoms with van der Waals surface area (Å²) in [5.41, 5.74) is 1.23. The Hall–Kier alpha value is -0.710. The molecule has 2 rings (SSSR count). The van der Waals surface area contributed by atoms with Gasteiger partial charge in [-0.05, 0) is 39.3 Å². The first kappa shape index (κ1) is 13.7. The van der Waals surface area contributed by atoms with Crippen molar-refractivity contribution in [2.45, 2.75) is 51.0 Å². The summed E-state index contributed by atoms with van der Waals surface area (Å²) in [6, 6.07) is 8.14. The van der Waals surface area contributed by atoms with Crippen molar-refractivity contribution in [1.29, 1.82) is 0 Å². The summed E-state index contributed by atoms with van der Waals surface area (Å²) in [6.45, 7) is 7.92. The van der Waals surface area contributed by atoms with Crippen LogP contribution in [-0.4, -0.2) is 21.4 Å². The van der Waals surface area contributed by atoms with E-state index in [0.717, 1.165) is 12.2 Å². The molecule has 1 aliphatic heterocycles. The zero-order chi connectivity index (χ0) is 13.3. The van der Waals surface area contributed by atoms with Crippen LogP contribution in [0.5, 0.6) is 5.75 Å². The number of para-hydroxylation sites is 1. The third-order valence-electron chi connectivity index (χ3n) is 3.08. The lowest BCUT2D eigenvalue weighted by Crippen LogP contribution is -2.49. The molecule has 100 valence electrons. The van der Waals surface area contributed by atoms with Gasteiger partial charge in [0.25, 0.3) is 0 Å². The highest BCUT2D eigenvalue weighted by Crippen LogP contribution is 2.29. The molecular weight excluding hydrogens is 246 g/mol. The van der Waals surface area contributed by atoms with Crippen LogP contribution in [-0.2, 0) is 17.8 Å². The van der Waals surface area contributed by atoms with Crippen molar-refractivity contribution >= 4 is 11.4 Å². The maximum atomic E-state index is 12.0. The predicted octanol–water partition coefficient (Wildman–Crippen LogP) is 2.43. The summed E-state index contributed by atoms with van der Waals surface area (Å²) in [4.78, 5) is 0. The van der Waals surface area contributed by atoms with E-state index in [-0.39, 0.29) is 16.9 Å². The van der Waals surface area contributed by atoms with Gasteiger partial charge in [0.1, 0.15) is 16.6 Å².